The Morgan fingerprint density at radius 2 is 1.84 bits per heavy atom. The molecule has 1 amide bonds. The number of ether oxygens (including phenoxy) is 2. The fourth-order valence-corrected chi connectivity index (χ4v) is 3.36. The van der Waals surface area contributed by atoms with Crippen molar-refractivity contribution in [2.45, 2.75) is 83.8 Å². The summed E-state index contributed by atoms with van der Waals surface area (Å²) in [5.41, 5.74) is 0.00772. The van der Waals surface area contributed by atoms with Gasteiger partial charge in [0.25, 0.3) is 5.91 Å². The lowest BCUT2D eigenvalue weighted by Crippen LogP contribution is -2.42. The third-order valence-corrected chi connectivity index (χ3v) is 4.92. The van der Waals surface area contributed by atoms with Gasteiger partial charge in [0.05, 0.1) is 6.10 Å². The molecule has 1 aliphatic rings. The van der Waals surface area contributed by atoms with E-state index in [9.17, 15) is 4.79 Å². The molecule has 0 radical (unpaired) electrons. The molecule has 25 heavy (non-hydrogen) atoms. The number of hydrogen-bond donors (Lipinski definition) is 1. The van der Waals surface area contributed by atoms with Crippen LogP contribution in [-0.2, 0) is 9.53 Å². The second-order valence-corrected chi connectivity index (χ2v) is 7.12. The summed E-state index contributed by atoms with van der Waals surface area (Å²) < 4.78 is 11.8. The van der Waals surface area contributed by atoms with Crippen LogP contribution >= 0.6 is 0 Å². The lowest BCUT2D eigenvalue weighted by Gasteiger charge is -2.28. The molecule has 0 bridgehead atoms. The maximum Gasteiger partial charge on any atom is 0.256 e. The smallest absolute Gasteiger partial charge is 0.256 e. The van der Waals surface area contributed by atoms with E-state index in [1.165, 1.54) is 12.8 Å². The van der Waals surface area contributed by atoms with E-state index < -0.39 is 5.60 Å². The predicted octanol–water partition coefficient (Wildman–Crippen LogP) is 5.32. The zero-order chi connectivity index (χ0) is 18.1. The van der Waals surface area contributed by atoms with Crippen molar-refractivity contribution in [3.05, 3.63) is 24.3 Å². The first-order chi connectivity index (χ1) is 12.1. The molecular formula is C21H33NO3. The molecule has 4 heteroatoms. The molecule has 0 spiro atoms. The first-order valence-electron chi connectivity index (χ1n) is 9.79. The summed E-state index contributed by atoms with van der Waals surface area (Å²) in [7, 11) is 0. The van der Waals surface area contributed by atoms with E-state index in [4.69, 9.17) is 9.47 Å². The van der Waals surface area contributed by atoms with Crippen molar-refractivity contribution in [2.24, 2.45) is 0 Å². The Bertz CT molecular complexity index is 522. The Labute approximate surface area is 152 Å². The van der Waals surface area contributed by atoms with E-state index in [0.29, 0.717) is 12.7 Å². The lowest BCUT2D eigenvalue weighted by atomic mass is 9.96. The fraction of sp³-hybridized carbons (Fsp3) is 0.667. The number of benzene rings is 1. The minimum atomic E-state index is -0.775. The van der Waals surface area contributed by atoms with Crippen molar-refractivity contribution in [3.8, 4) is 5.75 Å². The monoisotopic (exact) mass is 347 g/mol. The van der Waals surface area contributed by atoms with Crippen LogP contribution in [0.2, 0.25) is 0 Å². The van der Waals surface area contributed by atoms with Crippen LogP contribution in [0.25, 0.3) is 0 Å². The number of carbonyl (C=O) groups is 1. The van der Waals surface area contributed by atoms with Crippen LogP contribution in [0.5, 0.6) is 5.75 Å². The van der Waals surface area contributed by atoms with Crippen LogP contribution < -0.4 is 10.1 Å². The highest BCUT2D eigenvalue weighted by atomic mass is 16.5. The van der Waals surface area contributed by atoms with Crippen LogP contribution in [0.3, 0.4) is 0 Å². The number of hydrogen-bond acceptors (Lipinski definition) is 3. The molecule has 2 rings (SSSR count). The third kappa shape index (κ3) is 6.03. The lowest BCUT2D eigenvalue weighted by molar-refractivity contribution is -0.139. The Morgan fingerprint density at radius 1 is 1.16 bits per heavy atom. The molecule has 4 nitrogen and oxygen atoms in total. The normalized spacial score (nSPS) is 17.2. The van der Waals surface area contributed by atoms with Crippen LogP contribution in [0.15, 0.2) is 24.3 Å². The molecule has 1 fully saturated rings. The first kappa shape index (κ1) is 19.8. The van der Waals surface area contributed by atoms with Gasteiger partial charge in [-0.15, -0.1) is 0 Å². The van der Waals surface area contributed by atoms with E-state index in [1.54, 1.807) is 0 Å². The number of rotatable bonds is 10. The molecule has 1 N–H and O–H groups in total. The summed E-state index contributed by atoms with van der Waals surface area (Å²) in [6.45, 7) is 6.51. The Balaban J connectivity index is 1.92. The summed E-state index contributed by atoms with van der Waals surface area (Å²) in [6.07, 6.45) is 9.12. The molecule has 1 aromatic carbocycles. The zero-order valence-electron chi connectivity index (χ0n) is 16.0. The van der Waals surface area contributed by atoms with Gasteiger partial charge in [-0.1, -0.05) is 26.2 Å². The summed E-state index contributed by atoms with van der Waals surface area (Å²) in [5, 5.41) is 3.00. The Kier molecular flexibility index (Phi) is 7.76. The number of amides is 1. The van der Waals surface area contributed by atoms with Gasteiger partial charge in [0.1, 0.15) is 11.4 Å². The summed E-state index contributed by atoms with van der Waals surface area (Å²) >= 11 is 0. The third-order valence-electron chi connectivity index (χ3n) is 4.92. The average Bonchev–Trinajstić information content (AvgIpc) is 3.10. The van der Waals surface area contributed by atoms with E-state index in [-0.39, 0.29) is 5.91 Å². The average molecular weight is 347 g/mol. The van der Waals surface area contributed by atoms with Gasteiger partial charge in [0.15, 0.2) is 0 Å². The van der Waals surface area contributed by atoms with Gasteiger partial charge in [-0.3, -0.25) is 4.79 Å². The van der Waals surface area contributed by atoms with Crippen molar-refractivity contribution in [3.63, 3.8) is 0 Å². The largest absolute Gasteiger partial charge is 0.490 e. The molecule has 0 unspecified atom stereocenters. The molecular weight excluding hydrogens is 314 g/mol. The Hall–Kier alpha value is -1.55. The topological polar surface area (TPSA) is 47.6 Å². The second-order valence-electron chi connectivity index (χ2n) is 7.12. The van der Waals surface area contributed by atoms with Gasteiger partial charge >= 0.3 is 0 Å². The highest BCUT2D eigenvalue weighted by molar-refractivity contribution is 5.97. The number of carbonyl (C=O) groups excluding carboxylic acids is 1. The maximum atomic E-state index is 12.7. The molecule has 0 aliphatic heterocycles. The van der Waals surface area contributed by atoms with E-state index in [0.717, 1.165) is 50.0 Å². The Morgan fingerprint density at radius 3 is 2.44 bits per heavy atom. The van der Waals surface area contributed by atoms with Gasteiger partial charge in [-0.2, -0.15) is 0 Å². The van der Waals surface area contributed by atoms with Crippen LogP contribution in [-0.4, -0.2) is 24.2 Å². The second kappa shape index (κ2) is 9.81. The van der Waals surface area contributed by atoms with Gasteiger partial charge < -0.3 is 14.8 Å². The number of anilines is 1. The zero-order valence-corrected chi connectivity index (χ0v) is 16.0. The maximum absolute atomic E-state index is 12.7. The van der Waals surface area contributed by atoms with Crippen LogP contribution in [0, 0.1) is 0 Å². The molecule has 0 heterocycles. The standard InChI is InChI=1S/C21H33NO3/c1-4-6-9-16-21(3,24-5-2)20(23)22-17-12-14-19(15-13-17)25-18-10-7-8-11-18/h12-15,18H,4-11,16H2,1-3H3,(H,22,23)/t21-/m0/s1. The molecule has 1 saturated carbocycles. The van der Waals surface area contributed by atoms with E-state index in [2.05, 4.69) is 12.2 Å². The molecule has 1 aromatic rings. The van der Waals surface area contributed by atoms with E-state index in [1.807, 2.05) is 38.1 Å². The van der Waals surface area contributed by atoms with E-state index >= 15 is 0 Å². The highest BCUT2D eigenvalue weighted by Gasteiger charge is 2.33. The molecule has 1 atom stereocenters. The van der Waals surface area contributed by atoms with Crippen LogP contribution in [0.4, 0.5) is 5.69 Å². The van der Waals surface area contributed by atoms with Crippen molar-refractivity contribution in [2.75, 3.05) is 11.9 Å². The van der Waals surface area contributed by atoms with Gasteiger partial charge in [0.2, 0.25) is 0 Å². The summed E-state index contributed by atoms with van der Waals surface area (Å²) in [6, 6.07) is 7.67. The minimum absolute atomic E-state index is 0.0742. The summed E-state index contributed by atoms with van der Waals surface area (Å²) in [5.74, 6) is 0.801. The van der Waals surface area contributed by atoms with Crippen molar-refractivity contribution < 1.29 is 14.3 Å². The first-order valence-corrected chi connectivity index (χ1v) is 9.79. The summed E-state index contributed by atoms with van der Waals surface area (Å²) in [4.78, 5) is 12.7. The SMILES string of the molecule is CCCCC[C@](C)(OCC)C(=O)Nc1ccc(OC2CCCC2)cc1. The van der Waals surface area contributed by atoms with Crippen LogP contribution in [0.1, 0.15) is 72.1 Å². The van der Waals surface area contributed by atoms with Gasteiger partial charge in [0, 0.05) is 12.3 Å². The number of nitrogens with one attached hydrogen (secondary N) is 1. The van der Waals surface area contributed by atoms with Crippen molar-refractivity contribution >= 4 is 11.6 Å². The minimum Gasteiger partial charge on any atom is -0.490 e. The van der Waals surface area contributed by atoms with Crippen molar-refractivity contribution in [1.29, 1.82) is 0 Å². The number of unbranched alkanes of at least 4 members (excludes halogenated alkanes) is 2. The van der Waals surface area contributed by atoms with Crippen molar-refractivity contribution in [1.82, 2.24) is 0 Å². The van der Waals surface area contributed by atoms with Gasteiger partial charge in [-0.25, -0.2) is 0 Å². The molecule has 140 valence electrons. The predicted molar refractivity (Wildman–Crippen MR) is 102 cm³/mol. The quantitative estimate of drug-likeness (QED) is 0.583. The molecule has 0 saturated heterocycles. The highest BCUT2D eigenvalue weighted by Crippen LogP contribution is 2.26. The fourth-order valence-electron chi connectivity index (χ4n) is 3.36. The van der Waals surface area contributed by atoms with Gasteiger partial charge in [-0.05, 0) is 70.2 Å². The molecule has 1 aliphatic carbocycles. The molecule has 0 aromatic heterocycles.